The molecule has 1 aliphatic heterocycles. The van der Waals surface area contributed by atoms with E-state index in [1.165, 1.54) is 0 Å². The first kappa shape index (κ1) is 20.2. The maximum Gasteiger partial charge on any atom is 0.254 e. The van der Waals surface area contributed by atoms with E-state index in [9.17, 15) is 4.79 Å². The molecule has 0 radical (unpaired) electrons. The maximum absolute atomic E-state index is 13.1. The van der Waals surface area contributed by atoms with Crippen molar-refractivity contribution in [1.29, 1.82) is 0 Å². The van der Waals surface area contributed by atoms with Crippen LogP contribution in [-0.2, 0) is 0 Å². The second kappa shape index (κ2) is 8.42. The van der Waals surface area contributed by atoms with E-state index in [-0.39, 0.29) is 18.0 Å². The van der Waals surface area contributed by atoms with E-state index in [0.717, 1.165) is 33.4 Å². The minimum absolute atomic E-state index is 0.0632. The number of rotatable bonds is 3. The summed E-state index contributed by atoms with van der Waals surface area (Å²) in [6.07, 6.45) is 0. The third kappa shape index (κ3) is 3.60. The van der Waals surface area contributed by atoms with Crippen LogP contribution in [0.25, 0.3) is 22.0 Å². The lowest BCUT2D eigenvalue weighted by molar-refractivity contribution is 0.0644. The zero-order chi connectivity index (χ0) is 22.1. The van der Waals surface area contributed by atoms with Gasteiger partial charge in [0.2, 0.25) is 0 Å². The predicted molar refractivity (Wildman–Crippen MR) is 129 cm³/mol. The van der Waals surface area contributed by atoms with E-state index in [4.69, 9.17) is 5.10 Å². The van der Waals surface area contributed by atoms with E-state index in [0.29, 0.717) is 13.1 Å². The van der Waals surface area contributed by atoms with Crippen LogP contribution in [0.2, 0.25) is 0 Å². The first-order valence-corrected chi connectivity index (χ1v) is 11.1. The van der Waals surface area contributed by atoms with Crippen LogP contribution in [0.5, 0.6) is 0 Å². The second-order valence-electron chi connectivity index (χ2n) is 8.46. The van der Waals surface area contributed by atoms with Gasteiger partial charge in [0.05, 0.1) is 0 Å². The smallest absolute Gasteiger partial charge is 0.254 e. The molecule has 4 aromatic rings. The highest BCUT2D eigenvalue weighted by Gasteiger charge is 2.34. The van der Waals surface area contributed by atoms with Crippen LogP contribution >= 0.6 is 0 Å². The summed E-state index contributed by atoms with van der Waals surface area (Å²) in [5.74, 6) is 0.964. The third-order valence-corrected chi connectivity index (χ3v) is 6.25. The Morgan fingerprint density at radius 2 is 1.38 bits per heavy atom. The molecule has 1 fully saturated rings. The van der Waals surface area contributed by atoms with Crippen molar-refractivity contribution in [2.45, 2.75) is 25.9 Å². The van der Waals surface area contributed by atoms with Crippen molar-refractivity contribution in [3.63, 3.8) is 0 Å². The summed E-state index contributed by atoms with van der Waals surface area (Å²) in [6, 6.07) is 28.2. The Labute approximate surface area is 188 Å². The molecule has 3 aromatic carbocycles. The molecule has 2 atom stereocenters. The van der Waals surface area contributed by atoms with Gasteiger partial charge in [0, 0.05) is 47.1 Å². The largest absolute Gasteiger partial charge is 0.348 e. The molecular formula is C27H26N4O. The Hall–Kier alpha value is -3.73. The fourth-order valence-corrected chi connectivity index (χ4v) is 4.56. The van der Waals surface area contributed by atoms with Gasteiger partial charge < -0.3 is 9.80 Å². The van der Waals surface area contributed by atoms with Gasteiger partial charge in [-0.05, 0) is 26.0 Å². The number of amides is 1. The van der Waals surface area contributed by atoms with Crippen molar-refractivity contribution in [2.75, 3.05) is 18.0 Å². The van der Waals surface area contributed by atoms with Crippen molar-refractivity contribution in [3.05, 3.63) is 90.5 Å². The first-order valence-electron chi connectivity index (χ1n) is 11.1. The number of benzene rings is 3. The van der Waals surface area contributed by atoms with E-state index < -0.39 is 0 Å². The standard InChI is InChI=1S/C27H26N4O/c1-19-18-31(27(32)22-13-7-4-8-14-22)20(2)17-30(19)26-24-16-10-9-15-23(24)25(28-29-26)21-11-5-3-6-12-21/h3-16,19-20H,17-18H2,1-2H3/t19?,20-/m0/s1. The molecule has 2 heterocycles. The number of nitrogens with zero attached hydrogens (tertiary/aromatic N) is 4. The number of carbonyl (C=O) groups excluding carboxylic acids is 1. The van der Waals surface area contributed by atoms with Crippen LogP contribution in [0.3, 0.4) is 0 Å². The fraction of sp³-hybridized carbons (Fsp3) is 0.222. The summed E-state index contributed by atoms with van der Waals surface area (Å²) in [7, 11) is 0. The van der Waals surface area contributed by atoms with Gasteiger partial charge in [-0.1, -0.05) is 72.8 Å². The highest BCUT2D eigenvalue weighted by Crippen LogP contribution is 2.33. The Kier molecular flexibility index (Phi) is 5.31. The van der Waals surface area contributed by atoms with Gasteiger partial charge >= 0.3 is 0 Å². The molecule has 1 saturated heterocycles. The average molecular weight is 423 g/mol. The van der Waals surface area contributed by atoms with Gasteiger partial charge in [-0.3, -0.25) is 4.79 Å². The molecule has 1 unspecified atom stereocenters. The second-order valence-corrected chi connectivity index (χ2v) is 8.46. The monoisotopic (exact) mass is 422 g/mol. The summed E-state index contributed by atoms with van der Waals surface area (Å²) < 4.78 is 0. The molecule has 5 heteroatoms. The van der Waals surface area contributed by atoms with E-state index in [2.05, 4.69) is 48.1 Å². The van der Waals surface area contributed by atoms with E-state index >= 15 is 0 Å². The average Bonchev–Trinajstić information content (AvgIpc) is 2.85. The zero-order valence-corrected chi connectivity index (χ0v) is 18.3. The molecule has 1 amide bonds. The Morgan fingerprint density at radius 3 is 2.09 bits per heavy atom. The third-order valence-electron chi connectivity index (χ3n) is 6.25. The topological polar surface area (TPSA) is 49.3 Å². The van der Waals surface area contributed by atoms with Crippen molar-refractivity contribution >= 4 is 22.5 Å². The van der Waals surface area contributed by atoms with Crippen LogP contribution in [0, 0.1) is 0 Å². The molecular weight excluding hydrogens is 396 g/mol. The lowest BCUT2D eigenvalue weighted by atomic mass is 10.0. The van der Waals surface area contributed by atoms with Crippen LogP contribution in [0.4, 0.5) is 5.82 Å². The Balaban J connectivity index is 1.48. The molecule has 160 valence electrons. The SMILES string of the molecule is CC1CN(C(=O)c2ccccc2)[C@@H](C)CN1c1nnc(-c2ccccc2)c2ccccc12. The van der Waals surface area contributed by atoms with Crippen molar-refractivity contribution in [1.82, 2.24) is 15.1 Å². The minimum Gasteiger partial charge on any atom is -0.348 e. The molecule has 0 N–H and O–H groups in total. The Morgan fingerprint density at radius 1 is 0.750 bits per heavy atom. The number of carbonyl (C=O) groups is 1. The highest BCUT2D eigenvalue weighted by molar-refractivity contribution is 6.00. The fourth-order valence-electron chi connectivity index (χ4n) is 4.56. The van der Waals surface area contributed by atoms with Crippen LogP contribution in [0.1, 0.15) is 24.2 Å². The zero-order valence-electron chi connectivity index (χ0n) is 18.3. The van der Waals surface area contributed by atoms with Gasteiger partial charge in [-0.15, -0.1) is 10.2 Å². The van der Waals surface area contributed by atoms with Gasteiger partial charge in [0.15, 0.2) is 5.82 Å². The molecule has 32 heavy (non-hydrogen) atoms. The minimum atomic E-state index is 0.0632. The number of fused-ring (bicyclic) bond motifs is 1. The van der Waals surface area contributed by atoms with E-state index in [1.807, 2.05) is 65.6 Å². The quantitative estimate of drug-likeness (QED) is 0.464. The number of anilines is 1. The van der Waals surface area contributed by atoms with Crippen molar-refractivity contribution in [2.24, 2.45) is 0 Å². The maximum atomic E-state index is 13.1. The normalized spacial score (nSPS) is 18.7. The molecule has 5 rings (SSSR count). The molecule has 0 spiro atoms. The summed E-state index contributed by atoms with van der Waals surface area (Å²) >= 11 is 0. The number of hydrogen-bond donors (Lipinski definition) is 0. The summed E-state index contributed by atoms with van der Waals surface area (Å²) in [4.78, 5) is 17.4. The van der Waals surface area contributed by atoms with Crippen molar-refractivity contribution in [3.8, 4) is 11.3 Å². The Bertz CT molecular complexity index is 1240. The summed E-state index contributed by atoms with van der Waals surface area (Å²) in [6.45, 7) is 5.61. The number of piperazine rings is 1. The van der Waals surface area contributed by atoms with Gasteiger partial charge in [-0.2, -0.15) is 0 Å². The number of hydrogen-bond acceptors (Lipinski definition) is 4. The van der Waals surface area contributed by atoms with Crippen LogP contribution in [0.15, 0.2) is 84.9 Å². The molecule has 5 nitrogen and oxygen atoms in total. The van der Waals surface area contributed by atoms with Gasteiger partial charge in [-0.25, -0.2) is 0 Å². The lowest BCUT2D eigenvalue weighted by Gasteiger charge is -2.44. The summed E-state index contributed by atoms with van der Waals surface area (Å²) in [5, 5.41) is 11.5. The van der Waals surface area contributed by atoms with Crippen LogP contribution < -0.4 is 4.90 Å². The summed E-state index contributed by atoms with van der Waals surface area (Å²) in [5.41, 5.74) is 2.68. The lowest BCUT2D eigenvalue weighted by Crippen LogP contribution is -2.58. The molecule has 1 aliphatic rings. The van der Waals surface area contributed by atoms with Crippen molar-refractivity contribution < 1.29 is 4.79 Å². The molecule has 0 bridgehead atoms. The molecule has 0 aliphatic carbocycles. The first-order chi connectivity index (χ1) is 15.6. The highest BCUT2D eigenvalue weighted by atomic mass is 16.2. The molecule has 1 aromatic heterocycles. The van der Waals surface area contributed by atoms with Gasteiger partial charge in [0.1, 0.15) is 5.69 Å². The van der Waals surface area contributed by atoms with E-state index in [1.54, 1.807) is 0 Å². The molecule has 0 saturated carbocycles. The number of aromatic nitrogens is 2. The predicted octanol–water partition coefficient (Wildman–Crippen LogP) is 5.04. The van der Waals surface area contributed by atoms with Gasteiger partial charge in [0.25, 0.3) is 5.91 Å². The van der Waals surface area contributed by atoms with Crippen LogP contribution in [-0.4, -0.2) is 46.2 Å².